The molecule has 0 bridgehead atoms. The average molecular weight is 501 g/mol. The highest BCUT2D eigenvalue weighted by Gasteiger charge is 2.04. The van der Waals surface area contributed by atoms with Crippen molar-refractivity contribution < 1.29 is 0 Å². The first-order chi connectivity index (χ1) is 13.5. The molecule has 0 aliphatic rings. The summed E-state index contributed by atoms with van der Waals surface area (Å²) in [7, 11) is 0. The molecule has 7 heteroatoms. The number of aromatic nitrogens is 1. The Labute approximate surface area is 181 Å². The summed E-state index contributed by atoms with van der Waals surface area (Å²) in [6.45, 7) is 3.89. The van der Waals surface area contributed by atoms with E-state index in [4.69, 9.17) is 0 Å². The second kappa shape index (κ2) is 9.61. The van der Waals surface area contributed by atoms with Gasteiger partial charge in [0.2, 0.25) is 0 Å². The maximum absolute atomic E-state index is 4.49. The number of pyridine rings is 1. The summed E-state index contributed by atoms with van der Waals surface area (Å²) in [5.74, 6) is 1.26. The van der Waals surface area contributed by atoms with Gasteiger partial charge in [-0.15, -0.1) is 0 Å². The zero-order chi connectivity index (χ0) is 19.9. The summed E-state index contributed by atoms with van der Waals surface area (Å²) >= 11 is 7.08. The Bertz CT molecular complexity index is 952. The molecule has 2 aromatic carbocycles. The van der Waals surface area contributed by atoms with Crippen molar-refractivity contribution in [3.05, 3.63) is 86.8 Å². The van der Waals surface area contributed by atoms with Gasteiger partial charge in [-0.25, -0.2) is 4.98 Å². The van der Waals surface area contributed by atoms with E-state index < -0.39 is 0 Å². The number of hydrogen-bond acceptors (Lipinski definition) is 5. The fraction of sp³-hybridized carbons (Fsp3) is 0.0952. The van der Waals surface area contributed by atoms with Crippen molar-refractivity contribution >= 4 is 54.9 Å². The van der Waals surface area contributed by atoms with Crippen molar-refractivity contribution in [2.24, 2.45) is 10.2 Å². The van der Waals surface area contributed by atoms with Crippen LogP contribution in [-0.2, 0) is 0 Å². The number of hydrogen-bond donors (Lipinski definition) is 2. The second-order valence-corrected chi connectivity index (χ2v) is 7.69. The second-order valence-electron chi connectivity index (χ2n) is 5.99. The molecule has 5 nitrogen and oxygen atoms in total. The Morgan fingerprint density at radius 3 is 1.54 bits per heavy atom. The lowest BCUT2D eigenvalue weighted by atomic mass is 10.1. The average Bonchev–Trinajstić information content (AvgIpc) is 2.71. The summed E-state index contributed by atoms with van der Waals surface area (Å²) in [5, 5.41) is 8.85. The molecular weight excluding hydrogens is 482 g/mol. The van der Waals surface area contributed by atoms with Gasteiger partial charge in [0, 0.05) is 20.1 Å². The maximum Gasteiger partial charge on any atom is 0.148 e. The van der Waals surface area contributed by atoms with E-state index in [1.807, 2.05) is 80.6 Å². The maximum atomic E-state index is 4.49. The number of halogens is 2. The van der Waals surface area contributed by atoms with Crippen LogP contribution in [-0.4, -0.2) is 16.4 Å². The van der Waals surface area contributed by atoms with Gasteiger partial charge in [-0.05, 0) is 38.1 Å². The molecular formula is C21H19Br2N5. The molecule has 0 atom stereocenters. The van der Waals surface area contributed by atoms with E-state index in [2.05, 4.69) is 57.9 Å². The predicted molar refractivity (Wildman–Crippen MR) is 124 cm³/mol. The smallest absolute Gasteiger partial charge is 0.148 e. The lowest BCUT2D eigenvalue weighted by Gasteiger charge is -2.07. The number of nitrogens with zero attached hydrogens (tertiary/aromatic N) is 3. The van der Waals surface area contributed by atoms with Crippen molar-refractivity contribution in [1.82, 2.24) is 4.98 Å². The van der Waals surface area contributed by atoms with Crippen LogP contribution in [0.15, 0.2) is 85.9 Å². The summed E-state index contributed by atoms with van der Waals surface area (Å²) < 4.78 is 2.00. The summed E-state index contributed by atoms with van der Waals surface area (Å²) in [4.78, 5) is 4.49. The standard InChI is InChI=1S/C21H19Br2N5/c1-14(16-8-3-5-10-18(16)22)25-27-20-12-7-13-21(24-20)28-26-15(2)17-9-4-6-11-19(17)23/h3-13H,1-2H3,(H2,24,27,28)/b25-14-,26-15-. The normalized spacial score (nSPS) is 12.0. The third-order valence-corrected chi connectivity index (χ3v) is 5.34. The number of nitrogens with one attached hydrogen (secondary N) is 2. The number of anilines is 2. The van der Waals surface area contributed by atoms with Crippen molar-refractivity contribution in [1.29, 1.82) is 0 Å². The Morgan fingerprint density at radius 1 is 0.679 bits per heavy atom. The monoisotopic (exact) mass is 499 g/mol. The van der Waals surface area contributed by atoms with E-state index >= 15 is 0 Å². The van der Waals surface area contributed by atoms with Crippen LogP contribution in [0.25, 0.3) is 0 Å². The van der Waals surface area contributed by atoms with Gasteiger partial charge in [-0.3, -0.25) is 10.9 Å². The Kier molecular flexibility index (Phi) is 6.95. The summed E-state index contributed by atoms with van der Waals surface area (Å²) in [5.41, 5.74) is 9.76. The quantitative estimate of drug-likeness (QED) is 0.309. The number of rotatable bonds is 6. The van der Waals surface area contributed by atoms with E-state index in [0.717, 1.165) is 31.5 Å². The molecule has 0 saturated heterocycles. The van der Waals surface area contributed by atoms with Gasteiger partial charge < -0.3 is 0 Å². The molecule has 3 aromatic rings. The van der Waals surface area contributed by atoms with Crippen molar-refractivity contribution in [3.63, 3.8) is 0 Å². The molecule has 0 radical (unpaired) electrons. The van der Waals surface area contributed by atoms with E-state index in [0.29, 0.717) is 11.6 Å². The molecule has 0 aliphatic heterocycles. The largest absolute Gasteiger partial charge is 0.261 e. The van der Waals surface area contributed by atoms with Gasteiger partial charge in [-0.2, -0.15) is 10.2 Å². The Balaban J connectivity index is 1.71. The van der Waals surface area contributed by atoms with Gasteiger partial charge in [0.1, 0.15) is 11.6 Å². The molecule has 142 valence electrons. The zero-order valence-corrected chi connectivity index (χ0v) is 18.6. The van der Waals surface area contributed by atoms with Gasteiger partial charge in [0.15, 0.2) is 0 Å². The minimum Gasteiger partial charge on any atom is -0.261 e. The van der Waals surface area contributed by atoms with Crippen molar-refractivity contribution in [3.8, 4) is 0 Å². The third-order valence-electron chi connectivity index (χ3n) is 3.95. The third kappa shape index (κ3) is 5.27. The van der Waals surface area contributed by atoms with Crippen molar-refractivity contribution in [2.45, 2.75) is 13.8 Å². The molecule has 3 rings (SSSR count). The molecule has 0 aliphatic carbocycles. The fourth-order valence-corrected chi connectivity index (χ4v) is 3.61. The van der Waals surface area contributed by atoms with Crippen LogP contribution in [0.1, 0.15) is 25.0 Å². The molecule has 0 unspecified atom stereocenters. The number of benzene rings is 2. The highest BCUT2D eigenvalue weighted by molar-refractivity contribution is 9.10. The Hall–Kier alpha value is -2.51. The molecule has 1 heterocycles. The van der Waals surface area contributed by atoms with E-state index in [-0.39, 0.29) is 0 Å². The zero-order valence-electron chi connectivity index (χ0n) is 15.4. The lowest BCUT2D eigenvalue weighted by molar-refractivity contribution is 1.18. The van der Waals surface area contributed by atoms with Crippen LogP contribution in [0.4, 0.5) is 11.6 Å². The summed E-state index contributed by atoms with van der Waals surface area (Å²) in [6.07, 6.45) is 0. The minimum atomic E-state index is 0.630. The van der Waals surface area contributed by atoms with E-state index in [1.54, 1.807) is 0 Å². The Morgan fingerprint density at radius 2 is 1.11 bits per heavy atom. The van der Waals surface area contributed by atoms with Gasteiger partial charge in [0.05, 0.1) is 11.4 Å². The molecule has 1 aromatic heterocycles. The van der Waals surface area contributed by atoms with Crippen LogP contribution in [0.5, 0.6) is 0 Å². The predicted octanol–water partition coefficient (Wildman–Crippen LogP) is 6.28. The summed E-state index contributed by atoms with van der Waals surface area (Å²) in [6, 6.07) is 21.5. The highest BCUT2D eigenvalue weighted by atomic mass is 79.9. The van der Waals surface area contributed by atoms with Gasteiger partial charge >= 0.3 is 0 Å². The first-order valence-electron chi connectivity index (χ1n) is 8.62. The van der Waals surface area contributed by atoms with Crippen LogP contribution in [0.2, 0.25) is 0 Å². The van der Waals surface area contributed by atoms with Gasteiger partial charge in [-0.1, -0.05) is 74.3 Å². The molecule has 28 heavy (non-hydrogen) atoms. The highest BCUT2D eigenvalue weighted by Crippen LogP contribution is 2.18. The molecule has 0 saturated carbocycles. The van der Waals surface area contributed by atoms with Crippen LogP contribution in [0, 0.1) is 0 Å². The molecule has 0 fully saturated rings. The lowest BCUT2D eigenvalue weighted by Crippen LogP contribution is -2.04. The topological polar surface area (TPSA) is 61.7 Å². The number of hydrazone groups is 2. The van der Waals surface area contributed by atoms with Crippen molar-refractivity contribution in [2.75, 3.05) is 10.9 Å². The fourth-order valence-electron chi connectivity index (χ4n) is 2.47. The minimum absolute atomic E-state index is 0.630. The SMILES string of the molecule is C/C(=N/Nc1cccc(N/N=C(/C)c2ccccc2Br)n1)c1ccccc1Br. The molecule has 0 amide bonds. The molecule has 2 N–H and O–H groups in total. The van der Waals surface area contributed by atoms with Crippen LogP contribution >= 0.6 is 31.9 Å². The van der Waals surface area contributed by atoms with Crippen LogP contribution < -0.4 is 10.9 Å². The molecule has 0 spiro atoms. The first-order valence-corrected chi connectivity index (χ1v) is 10.2. The van der Waals surface area contributed by atoms with Crippen LogP contribution in [0.3, 0.4) is 0 Å². The van der Waals surface area contributed by atoms with Gasteiger partial charge in [0.25, 0.3) is 0 Å². The van der Waals surface area contributed by atoms with E-state index in [1.165, 1.54) is 0 Å². The first kappa shape index (κ1) is 20.2. The van der Waals surface area contributed by atoms with E-state index in [9.17, 15) is 0 Å².